The minimum Gasteiger partial charge on any atom is -0.294 e. The molecule has 3 aromatic heterocycles. The first-order valence-corrected chi connectivity index (χ1v) is 13.7. The number of nitriles is 2. The highest BCUT2D eigenvalue weighted by molar-refractivity contribution is 6.10. The molecule has 5 heteroatoms. The standard InChI is InChI=1S/C37H21N5/c38-22-25-18-17-24(19-27(25)23-39)26-20-36(41-32-13-5-1-9-28(32)29-10-2-6-14-33(29)41)40-37(21-26)42-34-15-7-3-11-30(34)31-12-4-8-16-35(31)42/h1-21H. The van der Waals surface area contributed by atoms with Crippen LogP contribution in [-0.2, 0) is 0 Å². The highest BCUT2D eigenvalue weighted by Gasteiger charge is 2.18. The second-order valence-electron chi connectivity index (χ2n) is 10.3. The van der Waals surface area contributed by atoms with E-state index in [-0.39, 0.29) is 0 Å². The lowest BCUT2D eigenvalue weighted by molar-refractivity contribution is 1.01. The molecule has 0 fully saturated rings. The summed E-state index contributed by atoms with van der Waals surface area (Å²) >= 11 is 0. The molecule has 0 amide bonds. The normalized spacial score (nSPS) is 11.3. The predicted molar refractivity (Wildman–Crippen MR) is 168 cm³/mol. The van der Waals surface area contributed by atoms with E-state index >= 15 is 0 Å². The van der Waals surface area contributed by atoms with Crippen molar-refractivity contribution >= 4 is 43.6 Å². The van der Waals surface area contributed by atoms with Gasteiger partial charge in [-0.05, 0) is 59.7 Å². The number of rotatable bonds is 3. The number of para-hydroxylation sites is 4. The fourth-order valence-electron chi connectivity index (χ4n) is 6.15. The number of fused-ring (bicyclic) bond motifs is 6. The molecule has 0 aliphatic rings. The Morgan fingerprint density at radius 1 is 0.429 bits per heavy atom. The fourth-order valence-corrected chi connectivity index (χ4v) is 6.15. The van der Waals surface area contributed by atoms with E-state index in [1.54, 1.807) is 12.1 Å². The second-order valence-corrected chi connectivity index (χ2v) is 10.3. The number of aromatic nitrogens is 3. The Bertz CT molecular complexity index is 2210. The minimum absolute atomic E-state index is 0.351. The summed E-state index contributed by atoms with van der Waals surface area (Å²) in [6.45, 7) is 0. The van der Waals surface area contributed by atoms with E-state index in [0.29, 0.717) is 11.1 Å². The van der Waals surface area contributed by atoms with Crippen LogP contribution in [0.1, 0.15) is 11.1 Å². The van der Waals surface area contributed by atoms with Crippen LogP contribution >= 0.6 is 0 Å². The summed E-state index contributed by atoms with van der Waals surface area (Å²) in [6, 6.07) is 47.4. The molecule has 8 aromatic rings. The molecule has 0 atom stereocenters. The molecule has 5 nitrogen and oxygen atoms in total. The Morgan fingerprint density at radius 2 is 0.833 bits per heavy atom. The Kier molecular flexibility index (Phi) is 5.19. The molecule has 0 unspecified atom stereocenters. The summed E-state index contributed by atoms with van der Waals surface area (Å²) in [7, 11) is 0. The van der Waals surface area contributed by atoms with Gasteiger partial charge in [-0.3, -0.25) is 9.13 Å². The van der Waals surface area contributed by atoms with Crippen LogP contribution in [0.2, 0.25) is 0 Å². The van der Waals surface area contributed by atoms with Gasteiger partial charge >= 0.3 is 0 Å². The molecule has 8 rings (SSSR count). The smallest absolute Gasteiger partial charge is 0.140 e. The van der Waals surface area contributed by atoms with Gasteiger partial charge in [0.2, 0.25) is 0 Å². The molecule has 5 aromatic carbocycles. The van der Waals surface area contributed by atoms with Crippen molar-refractivity contribution in [3.63, 3.8) is 0 Å². The Morgan fingerprint density at radius 3 is 1.24 bits per heavy atom. The van der Waals surface area contributed by atoms with Crippen LogP contribution < -0.4 is 0 Å². The highest BCUT2D eigenvalue weighted by atomic mass is 15.1. The van der Waals surface area contributed by atoms with Crippen molar-refractivity contribution in [1.29, 1.82) is 10.5 Å². The van der Waals surface area contributed by atoms with Crippen molar-refractivity contribution in [2.45, 2.75) is 0 Å². The molecule has 3 heterocycles. The van der Waals surface area contributed by atoms with Crippen LogP contribution in [0, 0.1) is 22.7 Å². The zero-order valence-electron chi connectivity index (χ0n) is 22.4. The Labute approximate surface area is 241 Å². The third-order valence-corrected chi connectivity index (χ3v) is 8.01. The van der Waals surface area contributed by atoms with Crippen molar-refractivity contribution in [2.75, 3.05) is 0 Å². The van der Waals surface area contributed by atoms with Gasteiger partial charge in [-0.2, -0.15) is 10.5 Å². The van der Waals surface area contributed by atoms with E-state index in [2.05, 4.69) is 130 Å². The number of hydrogen-bond acceptors (Lipinski definition) is 3. The zero-order chi connectivity index (χ0) is 28.2. The lowest BCUT2D eigenvalue weighted by Crippen LogP contribution is -2.04. The summed E-state index contributed by atoms with van der Waals surface area (Å²) in [6.07, 6.45) is 0. The van der Waals surface area contributed by atoms with Gasteiger partial charge in [-0.15, -0.1) is 0 Å². The average molecular weight is 536 g/mol. The van der Waals surface area contributed by atoms with E-state index < -0.39 is 0 Å². The van der Waals surface area contributed by atoms with Crippen LogP contribution in [0.5, 0.6) is 0 Å². The van der Waals surface area contributed by atoms with Crippen molar-refractivity contribution in [3.8, 4) is 34.9 Å². The maximum Gasteiger partial charge on any atom is 0.140 e. The van der Waals surface area contributed by atoms with Crippen LogP contribution in [0.4, 0.5) is 0 Å². The van der Waals surface area contributed by atoms with Crippen LogP contribution in [0.15, 0.2) is 127 Å². The summed E-state index contributed by atoms with van der Waals surface area (Å²) in [5, 5.41) is 23.9. The number of hydrogen-bond donors (Lipinski definition) is 0. The van der Waals surface area contributed by atoms with E-state index in [9.17, 15) is 10.5 Å². The zero-order valence-corrected chi connectivity index (χ0v) is 22.4. The Hall–Kier alpha value is -6.17. The third kappa shape index (κ3) is 3.45. The molecule has 0 saturated heterocycles. The lowest BCUT2D eigenvalue weighted by Gasteiger charge is -2.15. The Balaban J connectivity index is 1.50. The first kappa shape index (κ1) is 23.7. The van der Waals surface area contributed by atoms with E-state index in [1.807, 2.05) is 6.07 Å². The molecular formula is C37H21N5. The monoisotopic (exact) mass is 535 g/mol. The highest BCUT2D eigenvalue weighted by Crippen LogP contribution is 2.36. The van der Waals surface area contributed by atoms with Gasteiger partial charge in [0.05, 0.1) is 33.2 Å². The average Bonchev–Trinajstić information content (AvgIpc) is 3.57. The molecule has 0 N–H and O–H groups in total. The lowest BCUT2D eigenvalue weighted by atomic mass is 10.0. The summed E-state index contributed by atoms with van der Waals surface area (Å²) in [4.78, 5) is 5.33. The van der Waals surface area contributed by atoms with Crippen molar-refractivity contribution < 1.29 is 0 Å². The molecule has 0 saturated carbocycles. The number of nitrogens with zero attached hydrogens (tertiary/aromatic N) is 5. The summed E-state index contributed by atoms with van der Waals surface area (Å²) < 4.78 is 4.42. The quantitative estimate of drug-likeness (QED) is 0.227. The maximum atomic E-state index is 9.78. The van der Waals surface area contributed by atoms with Crippen LogP contribution in [-0.4, -0.2) is 14.1 Å². The van der Waals surface area contributed by atoms with Gasteiger partial charge < -0.3 is 0 Å². The van der Waals surface area contributed by atoms with Crippen LogP contribution in [0.25, 0.3) is 66.4 Å². The molecule has 0 aliphatic heterocycles. The van der Waals surface area contributed by atoms with Gasteiger partial charge in [-0.1, -0.05) is 78.9 Å². The minimum atomic E-state index is 0.351. The van der Waals surface area contributed by atoms with Crippen molar-refractivity contribution in [3.05, 3.63) is 139 Å². The van der Waals surface area contributed by atoms with Crippen molar-refractivity contribution in [1.82, 2.24) is 14.1 Å². The first-order chi connectivity index (χ1) is 20.7. The third-order valence-electron chi connectivity index (χ3n) is 8.01. The van der Waals surface area contributed by atoms with Gasteiger partial charge in [0, 0.05) is 21.5 Å². The van der Waals surface area contributed by atoms with Gasteiger partial charge in [-0.25, -0.2) is 4.98 Å². The molecule has 194 valence electrons. The number of pyridine rings is 1. The molecule has 42 heavy (non-hydrogen) atoms. The van der Waals surface area contributed by atoms with Crippen LogP contribution in [0.3, 0.4) is 0 Å². The second kappa shape index (κ2) is 9.20. The summed E-state index contributed by atoms with van der Waals surface area (Å²) in [5.41, 5.74) is 6.71. The van der Waals surface area contributed by atoms with E-state index in [4.69, 9.17) is 4.98 Å². The fraction of sp³-hybridized carbons (Fsp3) is 0. The summed E-state index contributed by atoms with van der Waals surface area (Å²) in [5.74, 6) is 1.54. The molecule has 0 bridgehead atoms. The first-order valence-electron chi connectivity index (χ1n) is 13.7. The van der Waals surface area contributed by atoms with E-state index in [1.165, 1.54) is 0 Å². The topological polar surface area (TPSA) is 70.3 Å². The number of benzene rings is 5. The van der Waals surface area contributed by atoms with Gasteiger partial charge in [0.15, 0.2) is 0 Å². The predicted octanol–water partition coefficient (Wildman–Crippen LogP) is 8.69. The molecular weight excluding hydrogens is 514 g/mol. The molecule has 0 aliphatic carbocycles. The molecule has 0 radical (unpaired) electrons. The van der Waals surface area contributed by atoms with Gasteiger partial charge in [0.25, 0.3) is 0 Å². The SMILES string of the molecule is N#Cc1ccc(-c2cc(-n3c4ccccc4c4ccccc43)nc(-n3c4ccccc4c4ccccc43)c2)cc1C#N. The molecule has 0 spiro atoms. The largest absolute Gasteiger partial charge is 0.294 e. The van der Waals surface area contributed by atoms with Crippen molar-refractivity contribution in [2.24, 2.45) is 0 Å². The van der Waals surface area contributed by atoms with Gasteiger partial charge in [0.1, 0.15) is 23.8 Å². The van der Waals surface area contributed by atoms with E-state index in [0.717, 1.165) is 66.4 Å². The maximum absolute atomic E-state index is 9.78.